The third kappa shape index (κ3) is 29.7. The molecule has 14 heavy (non-hydrogen) atoms. The molecule has 0 heterocycles. The lowest BCUT2D eigenvalue weighted by molar-refractivity contribution is 0.267. The van der Waals surface area contributed by atoms with Gasteiger partial charge in [-0.2, -0.15) is 0 Å². The molecule has 0 saturated heterocycles. The van der Waals surface area contributed by atoms with Crippen molar-refractivity contribution in [2.24, 2.45) is 0 Å². The quantitative estimate of drug-likeness (QED) is 0.431. The number of nitrogens with one attached hydrogen (secondary N) is 1. The van der Waals surface area contributed by atoms with Gasteiger partial charge >= 0.3 is 0 Å². The van der Waals surface area contributed by atoms with Gasteiger partial charge in [0.2, 0.25) is 0 Å². The maximum absolute atomic E-state index is 8.15. The molecule has 0 atom stereocenters. The van der Waals surface area contributed by atoms with Gasteiger partial charge in [0.15, 0.2) is 0 Å². The van der Waals surface area contributed by atoms with Crippen LogP contribution >= 0.6 is 12.4 Å². The summed E-state index contributed by atoms with van der Waals surface area (Å²) in [6, 6.07) is 0. The van der Waals surface area contributed by atoms with Gasteiger partial charge in [-0.1, -0.05) is 6.08 Å². The summed E-state index contributed by atoms with van der Waals surface area (Å²) >= 11 is 0. The first-order valence-corrected chi connectivity index (χ1v) is 4.37. The number of halogens is 1. The van der Waals surface area contributed by atoms with E-state index in [0.29, 0.717) is 13.1 Å². The number of aliphatic hydroxyl groups is 2. The van der Waals surface area contributed by atoms with Crippen LogP contribution in [0.5, 0.6) is 0 Å². The van der Waals surface area contributed by atoms with Crippen LogP contribution in [0.1, 0.15) is 0 Å². The maximum atomic E-state index is 8.15. The normalized spacial score (nSPS) is 8.64. The van der Waals surface area contributed by atoms with Crippen molar-refractivity contribution in [3.05, 3.63) is 12.7 Å². The highest BCUT2D eigenvalue weighted by atomic mass is 35.5. The highest BCUT2D eigenvalue weighted by Gasteiger charge is 1.78. The summed E-state index contributed by atoms with van der Waals surface area (Å²) in [5, 5.41) is 19.1. The fourth-order valence-corrected chi connectivity index (χ4v) is 0.541. The lowest BCUT2D eigenvalue weighted by Crippen LogP contribution is -2.21. The van der Waals surface area contributed by atoms with E-state index >= 15 is 0 Å². The molecule has 0 spiro atoms. The number of rotatable bonds is 6. The Kier molecular flexibility index (Phi) is 25.9. The summed E-state index contributed by atoms with van der Waals surface area (Å²) in [5.74, 6) is 0. The second kappa shape index (κ2) is 18.6. The van der Waals surface area contributed by atoms with Crippen LogP contribution in [0.15, 0.2) is 12.7 Å². The minimum absolute atomic E-state index is 0. The molecule has 0 amide bonds. The number of nitrogens with zero attached hydrogens (tertiary/aromatic N) is 1. The van der Waals surface area contributed by atoms with Crippen LogP contribution < -0.4 is 5.32 Å². The second-order valence-electron chi connectivity index (χ2n) is 2.75. The molecule has 5 heteroatoms. The summed E-state index contributed by atoms with van der Waals surface area (Å²) in [6.45, 7) is 5.95. The van der Waals surface area contributed by atoms with Gasteiger partial charge < -0.3 is 20.4 Å². The van der Waals surface area contributed by atoms with Crippen LogP contribution in [0.25, 0.3) is 0 Å². The first kappa shape index (κ1) is 19.4. The Morgan fingerprint density at radius 1 is 1.21 bits per heavy atom. The van der Waals surface area contributed by atoms with Gasteiger partial charge in [-0.05, 0) is 14.1 Å². The zero-order chi connectivity index (χ0) is 10.5. The van der Waals surface area contributed by atoms with Crippen LogP contribution in [-0.2, 0) is 0 Å². The molecular weight excluding hydrogens is 204 g/mol. The molecule has 0 aromatic rings. The van der Waals surface area contributed by atoms with Crippen LogP contribution in [-0.4, -0.2) is 62.1 Å². The van der Waals surface area contributed by atoms with E-state index in [4.69, 9.17) is 10.2 Å². The number of hydrogen-bond donors (Lipinski definition) is 3. The molecule has 0 aromatic carbocycles. The minimum atomic E-state index is 0. The first-order valence-electron chi connectivity index (χ1n) is 4.37. The maximum Gasteiger partial charge on any atom is 0.0555 e. The van der Waals surface area contributed by atoms with E-state index < -0.39 is 0 Å². The van der Waals surface area contributed by atoms with Crippen molar-refractivity contribution < 1.29 is 10.2 Å². The summed E-state index contributed by atoms with van der Waals surface area (Å²) < 4.78 is 0. The van der Waals surface area contributed by atoms with Gasteiger partial charge in [0.05, 0.1) is 13.2 Å². The van der Waals surface area contributed by atoms with E-state index in [-0.39, 0.29) is 25.6 Å². The Morgan fingerprint density at radius 2 is 1.64 bits per heavy atom. The number of likely N-dealkylation sites (N-methyl/N-ethyl adjacent to an activating group) is 1. The molecule has 3 N–H and O–H groups in total. The van der Waals surface area contributed by atoms with Crippen LogP contribution in [0.3, 0.4) is 0 Å². The molecule has 0 bridgehead atoms. The molecule has 0 radical (unpaired) electrons. The Hall–Kier alpha value is -0.130. The summed E-state index contributed by atoms with van der Waals surface area (Å²) in [6.07, 6.45) is 1.88. The van der Waals surface area contributed by atoms with Crippen molar-refractivity contribution in [1.82, 2.24) is 10.2 Å². The van der Waals surface area contributed by atoms with Crippen LogP contribution in [0.2, 0.25) is 0 Å². The first-order chi connectivity index (χ1) is 6.18. The van der Waals surface area contributed by atoms with Crippen molar-refractivity contribution in [3.63, 3.8) is 0 Å². The van der Waals surface area contributed by atoms with Gasteiger partial charge in [-0.3, -0.25) is 0 Å². The highest BCUT2D eigenvalue weighted by Crippen LogP contribution is 1.69. The number of aliphatic hydroxyl groups excluding tert-OH is 2. The molecule has 0 rings (SSSR count). The SMILES string of the molecule is C=CCN(C)C.Cl.OCCNCCO. The fraction of sp³-hybridized carbons (Fsp3) is 0.778. The van der Waals surface area contributed by atoms with Crippen molar-refractivity contribution in [3.8, 4) is 0 Å². The van der Waals surface area contributed by atoms with Gasteiger partial charge in [-0.15, -0.1) is 19.0 Å². The average molecular weight is 227 g/mol. The topological polar surface area (TPSA) is 55.7 Å². The Bertz CT molecular complexity index is 98.8. The molecule has 0 fully saturated rings. The molecule has 0 aliphatic rings. The monoisotopic (exact) mass is 226 g/mol. The zero-order valence-electron chi connectivity index (χ0n) is 9.07. The summed E-state index contributed by atoms with van der Waals surface area (Å²) in [7, 11) is 4.03. The third-order valence-electron chi connectivity index (χ3n) is 1.07. The Labute approximate surface area is 93.0 Å². The van der Waals surface area contributed by atoms with Crippen molar-refractivity contribution in [1.29, 1.82) is 0 Å². The van der Waals surface area contributed by atoms with E-state index in [1.807, 2.05) is 20.2 Å². The summed E-state index contributed by atoms with van der Waals surface area (Å²) in [4.78, 5) is 2.06. The van der Waals surface area contributed by atoms with E-state index in [2.05, 4.69) is 16.8 Å². The molecule has 0 unspecified atom stereocenters. The van der Waals surface area contributed by atoms with Crippen molar-refractivity contribution in [2.45, 2.75) is 0 Å². The molecular formula is C9H23ClN2O2. The molecule has 0 aliphatic heterocycles. The molecule has 0 aliphatic carbocycles. The lowest BCUT2D eigenvalue weighted by atomic mass is 10.6. The molecule has 0 saturated carbocycles. The lowest BCUT2D eigenvalue weighted by Gasteiger charge is -2.01. The van der Waals surface area contributed by atoms with E-state index in [0.717, 1.165) is 6.54 Å². The highest BCUT2D eigenvalue weighted by molar-refractivity contribution is 5.85. The van der Waals surface area contributed by atoms with Crippen LogP contribution in [0.4, 0.5) is 0 Å². The second-order valence-corrected chi connectivity index (χ2v) is 2.75. The Morgan fingerprint density at radius 3 is 1.79 bits per heavy atom. The Balaban J connectivity index is -0.000000163. The molecule has 88 valence electrons. The zero-order valence-corrected chi connectivity index (χ0v) is 9.89. The van der Waals surface area contributed by atoms with E-state index in [1.54, 1.807) is 0 Å². The van der Waals surface area contributed by atoms with Gasteiger partial charge in [0.1, 0.15) is 0 Å². The van der Waals surface area contributed by atoms with Crippen molar-refractivity contribution >= 4 is 12.4 Å². The largest absolute Gasteiger partial charge is 0.395 e. The molecule has 4 nitrogen and oxygen atoms in total. The van der Waals surface area contributed by atoms with Crippen LogP contribution in [0, 0.1) is 0 Å². The minimum Gasteiger partial charge on any atom is -0.395 e. The fourth-order valence-electron chi connectivity index (χ4n) is 0.541. The van der Waals surface area contributed by atoms with Crippen molar-refractivity contribution in [2.75, 3.05) is 46.9 Å². The number of hydrogen-bond acceptors (Lipinski definition) is 4. The average Bonchev–Trinajstić information content (AvgIpc) is 2.06. The van der Waals surface area contributed by atoms with Gasteiger partial charge in [-0.25, -0.2) is 0 Å². The third-order valence-corrected chi connectivity index (χ3v) is 1.07. The van der Waals surface area contributed by atoms with Gasteiger partial charge in [0.25, 0.3) is 0 Å². The summed E-state index contributed by atoms with van der Waals surface area (Å²) in [5.41, 5.74) is 0. The van der Waals surface area contributed by atoms with Gasteiger partial charge in [0, 0.05) is 19.6 Å². The predicted molar refractivity (Wildman–Crippen MR) is 63.0 cm³/mol. The predicted octanol–water partition coefficient (Wildman–Crippen LogP) is -0.284. The van der Waals surface area contributed by atoms with E-state index in [1.165, 1.54) is 0 Å². The standard InChI is InChI=1S/C5H11N.C4H11NO2.ClH/c1-4-5-6(2)3;6-3-1-5-2-4-7;/h4H,1,5H2,2-3H3;5-7H,1-4H2;1H. The smallest absolute Gasteiger partial charge is 0.0555 e. The van der Waals surface area contributed by atoms with E-state index in [9.17, 15) is 0 Å². The molecule has 0 aromatic heterocycles.